The molecule has 0 bridgehead atoms. The van der Waals surface area contributed by atoms with E-state index in [0.717, 1.165) is 54.8 Å². The summed E-state index contributed by atoms with van der Waals surface area (Å²) in [5.41, 5.74) is 2.28. The van der Waals surface area contributed by atoms with E-state index < -0.39 is 0 Å². The van der Waals surface area contributed by atoms with Gasteiger partial charge in [0.15, 0.2) is 5.78 Å². The average Bonchev–Trinajstić information content (AvgIpc) is 3.72. The van der Waals surface area contributed by atoms with Gasteiger partial charge in [0.05, 0.1) is 20.8 Å². The van der Waals surface area contributed by atoms with E-state index in [1.165, 1.54) is 19.8 Å². The van der Waals surface area contributed by atoms with Crippen molar-refractivity contribution in [3.05, 3.63) is 40.1 Å². The minimum absolute atomic E-state index is 0.0816. The van der Waals surface area contributed by atoms with Crippen molar-refractivity contribution in [1.82, 2.24) is 14.5 Å². The summed E-state index contributed by atoms with van der Waals surface area (Å²) >= 11 is 1.15. The summed E-state index contributed by atoms with van der Waals surface area (Å²) in [6.07, 6.45) is 7.42. The predicted octanol–water partition coefficient (Wildman–Crippen LogP) is 5.11. The molecular weight excluding hydrogens is 514 g/mol. The molecule has 1 aliphatic carbocycles. The second-order valence-corrected chi connectivity index (χ2v) is 11.7. The molecule has 0 unspecified atom stereocenters. The molecule has 1 aliphatic heterocycles. The number of Topliss-reactive ketones (excluding diaryl/α,β-unsaturated/α-hetero) is 1. The Hall–Kier alpha value is -3.53. The van der Waals surface area contributed by atoms with Crippen LogP contribution in [0, 0.1) is 5.92 Å². The standard InChI is InChI=1S/C29H35N5O4S/c1-19(35)24-12-13-25(39-24)28(38)31-29-30-22-18-21(32(2)27(37)17-20-7-3-4-8-20)10-11-23(22)34(29)16-6-15-33-14-5-9-26(33)36/h10-13,18,20H,3-9,14-17H2,1-2H3,(H,30,31,38). The molecule has 0 radical (unpaired) electrons. The number of aryl methyl sites for hydroxylation is 1. The number of carbonyl (C=O) groups excluding carboxylic acids is 4. The van der Waals surface area contributed by atoms with E-state index in [-0.39, 0.29) is 23.5 Å². The van der Waals surface area contributed by atoms with Gasteiger partial charge in [-0.15, -0.1) is 11.3 Å². The number of thiophene rings is 1. The molecule has 206 valence electrons. The number of nitrogens with one attached hydrogen (secondary N) is 1. The quantitative estimate of drug-likeness (QED) is 0.354. The molecule has 9 nitrogen and oxygen atoms in total. The zero-order valence-corrected chi connectivity index (χ0v) is 23.4. The first-order valence-electron chi connectivity index (χ1n) is 13.8. The lowest BCUT2D eigenvalue weighted by molar-refractivity contribution is -0.127. The van der Waals surface area contributed by atoms with Crippen LogP contribution in [-0.4, -0.2) is 58.1 Å². The Bertz CT molecular complexity index is 1400. The lowest BCUT2D eigenvalue weighted by Crippen LogP contribution is -2.27. The Kier molecular flexibility index (Phi) is 8.11. The highest BCUT2D eigenvalue weighted by Crippen LogP contribution is 2.30. The summed E-state index contributed by atoms with van der Waals surface area (Å²) in [5.74, 6) is 0.742. The topological polar surface area (TPSA) is 105 Å². The fourth-order valence-corrected chi connectivity index (χ4v) is 6.36. The fraction of sp³-hybridized carbons (Fsp3) is 0.483. The largest absolute Gasteiger partial charge is 0.343 e. The van der Waals surface area contributed by atoms with Crippen molar-refractivity contribution in [1.29, 1.82) is 0 Å². The van der Waals surface area contributed by atoms with Gasteiger partial charge in [0.2, 0.25) is 17.8 Å². The van der Waals surface area contributed by atoms with Gasteiger partial charge in [0.1, 0.15) is 0 Å². The van der Waals surface area contributed by atoms with E-state index >= 15 is 0 Å². The molecular formula is C29H35N5O4S. The number of nitrogens with zero attached hydrogens (tertiary/aromatic N) is 4. The van der Waals surface area contributed by atoms with Crippen LogP contribution >= 0.6 is 11.3 Å². The van der Waals surface area contributed by atoms with Crippen LogP contribution in [0.4, 0.5) is 11.6 Å². The van der Waals surface area contributed by atoms with Crippen LogP contribution < -0.4 is 10.2 Å². The molecule has 39 heavy (non-hydrogen) atoms. The SMILES string of the molecule is CC(=O)c1ccc(C(=O)Nc2nc3cc(N(C)C(=O)CC4CCCC4)ccc3n2CCCN2CCCC2=O)s1. The molecule has 0 atom stereocenters. The molecule has 3 heterocycles. The number of ketones is 1. The van der Waals surface area contributed by atoms with Crippen molar-refractivity contribution in [2.24, 2.45) is 5.92 Å². The molecule has 1 N–H and O–H groups in total. The van der Waals surface area contributed by atoms with Crippen LogP contribution in [0.25, 0.3) is 11.0 Å². The number of rotatable bonds is 10. The van der Waals surface area contributed by atoms with E-state index in [4.69, 9.17) is 4.98 Å². The van der Waals surface area contributed by atoms with Gasteiger partial charge in [0.25, 0.3) is 5.91 Å². The number of benzene rings is 1. The van der Waals surface area contributed by atoms with E-state index in [0.29, 0.717) is 53.1 Å². The molecule has 3 aromatic rings. The first-order valence-corrected chi connectivity index (χ1v) is 14.6. The van der Waals surface area contributed by atoms with Gasteiger partial charge in [-0.1, -0.05) is 12.8 Å². The van der Waals surface area contributed by atoms with Gasteiger partial charge in [-0.2, -0.15) is 0 Å². The molecule has 1 aromatic carbocycles. The highest BCUT2D eigenvalue weighted by molar-refractivity contribution is 7.16. The minimum Gasteiger partial charge on any atom is -0.343 e. The van der Waals surface area contributed by atoms with Crippen LogP contribution in [0.2, 0.25) is 0 Å². The fourth-order valence-electron chi connectivity index (χ4n) is 5.56. The average molecular weight is 550 g/mol. The summed E-state index contributed by atoms with van der Waals surface area (Å²) < 4.78 is 1.96. The summed E-state index contributed by atoms with van der Waals surface area (Å²) in [5, 5.41) is 2.93. The van der Waals surface area contributed by atoms with Gasteiger partial charge in [0, 0.05) is 45.2 Å². The minimum atomic E-state index is -0.331. The van der Waals surface area contributed by atoms with E-state index in [1.54, 1.807) is 24.1 Å². The maximum absolute atomic E-state index is 13.1. The Morgan fingerprint density at radius 2 is 1.85 bits per heavy atom. The van der Waals surface area contributed by atoms with Crippen molar-refractivity contribution in [3.8, 4) is 0 Å². The lowest BCUT2D eigenvalue weighted by Gasteiger charge is -2.19. The monoisotopic (exact) mass is 549 g/mol. The molecule has 3 amide bonds. The van der Waals surface area contributed by atoms with Crippen molar-refractivity contribution in [2.75, 3.05) is 30.4 Å². The van der Waals surface area contributed by atoms with Gasteiger partial charge in [-0.3, -0.25) is 24.5 Å². The van der Waals surface area contributed by atoms with Crippen molar-refractivity contribution < 1.29 is 19.2 Å². The summed E-state index contributed by atoms with van der Waals surface area (Å²) in [7, 11) is 1.80. The van der Waals surface area contributed by atoms with Crippen LogP contribution in [0.3, 0.4) is 0 Å². The molecule has 1 saturated heterocycles. The number of fused-ring (bicyclic) bond motifs is 1. The molecule has 1 saturated carbocycles. The maximum Gasteiger partial charge on any atom is 0.268 e. The van der Waals surface area contributed by atoms with Gasteiger partial charge in [-0.25, -0.2) is 4.98 Å². The Labute approximate surface area is 232 Å². The van der Waals surface area contributed by atoms with E-state index in [1.807, 2.05) is 27.7 Å². The predicted molar refractivity (Wildman–Crippen MR) is 152 cm³/mol. The zero-order valence-electron chi connectivity index (χ0n) is 22.6. The number of likely N-dealkylation sites (tertiary alicyclic amines) is 1. The molecule has 10 heteroatoms. The lowest BCUT2D eigenvalue weighted by atomic mass is 10.0. The van der Waals surface area contributed by atoms with Crippen LogP contribution in [0.5, 0.6) is 0 Å². The third-order valence-electron chi connectivity index (χ3n) is 7.81. The second kappa shape index (κ2) is 11.7. The number of anilines is 2. The summed E-state index contributed by atoms with van der Waals surface area (Å²) in [6, 6.07) is 9.04. The van der Waals surface area contributed by atoms with E-state index in [2.05, 4.69) is 5.32 Å². The highest BCUT2D eigenvalue weighted by atomic mass is 32.1. The van der Waals surface area contributed by atoms with Gasteiger partial charge >= 0.3 is 0 Å². The molecule has 2 aliphatic rings. The number of hydrogen-bond donors (Lipinski definition) is 1. The number of amides is 3. The first kappa shape index (κ1) is 27.1. The number of imidazole rings is 1. The van der Waals surface area contributed by atoms with Crippen LogP contribution in [0.15, 0.2) is 30.3 Å². The Balaban J connectivity index is 1.38. The van der Waals surface area contributed by atoms with Crippen molar-refractivity contribution in [3.63, 3.8) is 0 Å². The molecule has 2 aromatic heterocycles. The molecule has 5 rings (SSSR count). The Morgan fingerprint density at radius 1 is 1.08 bits per heavy atom. The second-order valence-electron chi connectivity index (χ2n) is 10.6. The summed E-state index contributed by atoms with van der Waals surface area (Å²) in [4.78, 5) is 59.0. The van der Waals surface area contributed by atoms with Gasteiger partial charge in [-0.05, 0) is 68.9 Å². The van der Waals surface area contributed by atoms with E-state index in [9.17, 15) is 19.2 Å². The maximum atomic E-state index is 13.1. The molecule has 0 spiro atoms. The normalized spacial score (nSPS) is 15.8. The molecule has 2 fully saturated rings. The van der Waals surface area contributed by atoms with Gasteiger partial charge < -0.3 is 14.4 Å². The third kappa shape index (κ3) is 6.06. The number of carbonyl (C=O) groups is 4. The zero-order chi connectivity index (χ0) is 27.5. The highest BCUT2D eigenvalue weighted by Gasteiger charge is 2.23. The van der Waals surface area contributed by atoms with Crippen molar-refractivity contribution in [2.45, 2.75) is 64.8 Å². The smallest absolute Gasteiger partial charge is 0.268 e. The number of aromatic nitrogens is 2. The van der Waals surface area contributed by atoms with Crippen molar-refractivity contribution >= 4 is 57.5 Å². The summed E-state index contributed by atoms with van der Waals surface area (Å²) in [6.45, 7) is 3.48. The van der Waals surface area contributed by atoms with Crippen LogP contribution in [0.1, 0.15) is 77.6 Å². The first-order chi connectivity index (χ1) is 18.8. The number of hydrogen-bond acceptors (Lipinski definition) is 6. The van der Waals surface area contributed by atoms with Crippen LogP contribution in [-0.2, 0) is 16.1 Å². The third-order valence-corrected chi connectivity index (χ3v) is 9.00. The Morgan fingerprint density at radius 3 is 2.54 bits per heavy atom.